The van der Waals surface area contributed by atoms with E-state index in [1.807, 2.05) is 48.5 Å². The van der Waals surface area contributed by atoms with Gasteiger partial charge in [-0.25, -0.2) is 9.18 Å². The highest BCUT2D eigenvalue weighted by Gasteiger charge is 2.48. The zero-order chi connectivity index (χ0) is 27.0. The first kappa shape index (κ1) is 26.4. The van der Waals surface area contributed by atoms with Crippen molar-refractivity contribution in [1.29, 1.82) is 0 Å². The van der Waals surface area contributed by atoms with Crippen LogP contribution in [0.2, 0.25) is 9.36 Å². The minimum absolute atomic E-state index is 0.185. The molecule has 0 aliphatic heterocycles. The second-order valence-electron chi connectivity index (χ2n) is 9.42. The molecule has 0 bridgehead atoms. The van der Waals surface area contributed by atoms with Crippen molar-refractivity contribution in [2.75, 3.05) is 5.32 Å². The maximum absolute atomic E-state index is 13.4. The third kappa shape index (κ3) is 5.35. The Morgan fingerprint density at radius 2 is 1.55 bits per heavy atom. The molecule has 5 rings (SSSR count). The molecule has 3 aromatic carbocycles. The minimum Gasteiger partial charge on any atom is -0.441 e. The summed E-state index contributed by atoms with van der Waals surface area (Å²) < 4.78 is 19.3. The molecule has 1 saturated carbocycles. The lowest BCUT2D eigenvalue weighted by molar-refractivity contribution is -0.119. The molecular formula is C30H24Cl2FNO3S. The Kier molecular flexibility index (Phi) is 7.32. The summed E-state index contributed by atoms with van der Waals surface area (Å²) in [6.45, 7) is 3.33. The molecule has 8 heteroatoms. The molecule has 1 aromatic heterocycles. The first-order valence-corrected chi connectivity index (χ1v) is 13.7. The lowest BCUT2D eigenvalue weighted by atomic mass is 9.90. The molecule has 1 atom stereocenters. The number of carbonyl (C=O) groups excluding carboxylic acids is 2. The molecule has 38 heavy (non-hydrogen) atoms. The number of rotatable bonds is 7. The van der Waals surface area contributed by atoms with Gasteiger partial charge in [-0.15, -0.1) is 11.3 Å². The fraction of sp³-hybridized carbons (Fsp3) is 0.200. The van der Waals surface area contributed by atoms with E-state index in [-0.39, 0.29) is 16.2 Å². The van der Waals surface area contributed by atoms with Crippen molar-refractivity contribution in [3.63, 3.8) is 0 Å². The summed E-state index contributed by atoms with van der Waals surface area (Å²) in [5.41, 5.74) is 4.81. The summed E-state index contributed by atoms with van der Waals surface area (Å²) in [7, 11) is 0. The molecule has 194 valence electrons. The van der Waals surface area contributed by atoms with Crippen molar-refractivity contribution in [3.8, 4) is 21.6 Å². The summed E-state index contributed by atoms with van der Waals surface area (Å²) in [6.07, 6.45) is 0.478. The number of thiophene rings is 1. The van der Waals surface area contributed by atoms with Gasteiger partial charge < -0.3 is 4.74 Å². The normalized spacial score (nSPS) is 14.6. The van der Waals surface area contributed by atoms with Crippen LogP contribution < -0.4 is 5.32 Å². The number of nitrogens with one attached hydrogen (secondary N) is 1. The lowest BCUT2D eigenvalue weighted by Gasteiger charge is -2.16. The number of Topliss-reactive ketones (excluding diaryl/α,β-unsaturated/α-hetero) is 1. The van der Waals surface area contributed by atoms with Crippen LogP contribution in [0.15, 0.2) is 72.8 Å². The van der Waals surface area contributed by atoms with Crippen molar-refractivity contribution in [3.05, 3.63) is 99.1 Å². The SMILES string of the molecule is CC(=O)C1(c2ccc(-c3ccc(-c4sc(Cl)cc4NC(=O)O[C@H](C)c4ccc(F)cc4Cl)cc3)cc2)CC1. The summed E-state index contributed by atoms with van der Waals surface area (Å²) in [4.78, 5) is 25.5. The van der Waals surface area contributed by atoms with Gasteiger partial charge in [-0.3, -0.25) is 10.1 Å². The standard InChI is InChI=1S/C30H24Cl2FNO3S/c1-17(24-12-11-23(33)15-25(24)31)37-29(36)34-26-16-27(32)38-28(26)21-5-3-19(4-6-21)20-7-9-22(10-8-20)30(13-14-30)18(2)35/h3-12,15-17H,13-14H2,1-2H3,(H,34,36)/t17-/m1/s1. The number of amides is 1. The van der Waals surface area contributed by atoms with E-state index >= 15 is 0 Å². The van der Waals surface area contributed by atoms with Gasteiger partial charge in [0.25, 0.3) is 0 Å². The number of hydrogen-bond acceptors (Lipinski definition) is 4. The van der Waals surface area contributed by atoms with Gasteiger partial charge in [-0.2, -0.15) is 0 Å². The quantitative estimate of drug-likeness (QED) is 0.242. The van der Waals surface area contributed by atoms with Crippen molar-refractivity contribution in [1.82, 2.24) is 0 Å². The van der Waals surface area contributed by atoms with Gasteiger partial charge in [-0.05, 0) is 67.1 Å². The molecule has 0 radical (unpaired) electrons. The van der Waals surface area contributed by atoms with Crippen molar-refractivity contribution < 1.29 is 18.7 Å². The molecule has 1 aliphatic rings. The van der Waals surface area contributed by atoms with Crippen molar-refractivity contribution >= 4 is 52.1 Å². The Morgan fingerprint density at radius 3 is 2.13 bits per heavy atom. The monoisotopic (exact) mass is 567 g/mol. The maximum Gasteiger partial charge on any atom is 0.412 e. The van der Waals surface area contributed by atoms with Crippen LogP contribution in [-0.2, 0) is 14.9 Å². The number of anilines is 1. The van der Waals surface area contributed by atoms with Crippen LogP contribution in [0.1, 0.15) is 43.9 Å². The Labute approximate surface area is 234 Å². The topological polar surface area (TPSA) is 55.4 Å². The molecule has 1 aliphatic carbocycles. The van der Waals surface area contributed by atoms with Gasteiger partial charge in [0.05, 0.1) is 25.3 Å². The van der Waals surface area contributed by atoms with Crippen LogP contribution in [0, 0.1) is 5.82 Å². The second kappa shape index (κ2) is 10.5. The van der Waals surface area contributed by atoms with Crippen LogP contribution in [0.5, 0.6) is 0 Å². The summed E-state index contributed by atoms with van der Waals surface area (Å²) >= 11 is 13.7. The van der Waals surface area contributed by atoms with E-state index in [9.17, 15) is 14.0 Å². The molecule has 1 N–H and O–H groups in total. The molecule has 4 aromatic rings. The lowest BCUT2D eigenvalue weighted by Crippen LogP contribution is -2.16. The third-order valence-corrected chi connectivity index (χ3v) is 8.61. The Morgan fingerprint density at radius 1 is 0.947 bits per heavy atom. The average molecular weight is 568 g/mol. The van der Waals surface area contributed by atoms with Gasteiger partial charge in [-0.1, -0.05) is 77.8 Å². The van der Waals surface area contributed by atoms with Crippen LogP contribution in [0.3, 0.4) is 0 Å². The second-order valence-corrected chi connectivity index (χ2v) is 11.5. The number of ketones is 1. The number of carbonyl (C=O) groups is 2. The molecule has 1 heterocycles. The number of ether oxygens (including phenoxy) is 1. The number of hydrogen-bond donors (Lipinski definition) is 1. The van der Waals surface area contributed by atoms with E-state index in [0.717, 1.165) is 40.0 Å². The molecule has 0 saturated heterocycles. The number of benzene rings is 3. The Bertz CT molecular complexity index is 1510. The Balaban J connectivity index is 1.30. The van der Waals surface area contributed by atoms with E-state index < -0.39 is 18.0 Å². The van der Waals surface area contributed by atoms with Gasteiger partial charge in [0, 0.05) is 5.56 Å². The summed E-state index contributed by atoms with van der Waals surface area (Å²) in [5, 5.41) is 2.95. The highest BCUT2D eigenvalue weighted by Crippen LogP contribution is 2.49. The number of halogens is 3. The first-order valence-electron chi connectivity index (χ1n) is 12.1. The van der Waals surface area contributed by atoms with E-state index in [1.165, 1.54) is 29.5 Å². The van der Waals surface area contributed by atoms with Crippen molar-refractivity contribution in [2.45, 2.75) is 38.2 Å². The highest BCUT2D eigenvalue weighted by atomic mass is 35.5. The van der Waals surface area contributed by atoms with Crippen molar-refractivity contribution in [2.24, 2.45) is 0 Å². The zero-order valence-corrected chi connectivity index (χ0v) is 23.0. The van der Waals surface area contributed by atoms with E-state index in [4.69, 9.17) is 27.9 Å². The predicted octanol–water partition coefficient (Wildman–Crippen LogP) is 9.46. The van der Waals surface area contributed by atoms with E-state index in [0.29, 0.717) is 15.6 Å². The smallest absolute Gasteiger partial charge is 0.412 e. The van der Waals surface area contributed by atoms with Gasteiger partial charge in [0.15, 0.2) is 0 Å². The van der Waals surface area contributed by atoms with Crippen LogP contribution >= 0.6 is 34.5 Å². The van der Waals surface area contributed by atoms with Gasteiger partial charge in [0.1, 0.15) is 17.7 Å². The summed E-state index contributed by atoms with van der Waals surface area (Å²) in [6, 6.07) is 21.8. The molecule has 1 fully saturated rings. The van der Waals surface area contributed by atoms with Crippen LogP contribution in [0.4, 0.5) is 14.9 Å². The average Bonchev–Trinajstić information content (AvgIpc) is 3.62. The maximum atomic E-state index is 13.4. The van der Waals surface area contributed by atoms with E-state index in [1.54, 1.807) is 19.9 Å². The van der Waals surface area contributed by atoms with E-state index in [2.05, 4.69) is 5.32 Å². The third-order valence-electron chi connectivity index (χ3n) is 6.96. The van der Waals surface area contributed by atoms with Gasteiger partial charge in [0.2, 0.25) is 0 Å². The molecular weight excluding hydrogens is 544 g/mol. The molecule has 4 nitrogen and oxygen atoms in total. The zero-order valence-electron chi connectivity index (χ0n) is 20.7. The fourth-order valence-electron chi connectivity index (χ4n) is 4.63. The van der Waals surface area contributed by atoms with Gasteiger partial charge >= 0.3 is 6.09 Å². The minimum atomic E-state index is -0.684. The molecule has 1 amide bonds. The predicted molar refractivity (Wildman–Crippen MR) is 152 cm³/mol. The van der Waals surface area contributed by atoms with Crippen LogP contribution in [-0.4, -0.2) is 11.9 Å². The molecule has 0 spiro atoms. The molecule has 0 unspecified atom stereocenters. The summed E-state index contributed by atoms with van der Waals surface area (Å²) in [5.74, 6) is -0.234. The highest BCUT2D eigenvalue weighted by molar-refractivity contribution is 7.20. The Hall–Kier alpha value is -3.19. The van der Waals surface area contributed by atoms with Crippen LogP contribution in [0.25, 0.3) is 21.6 Å². The fourth-order valence-corrected chi connectivity index (χ4v) is 6.13. The first-order chi connectivity index (χ1) is 18.2. The largest absolute Gasteiger partial charge is 0.441 e.